The van der Waals surface area contributed by atoms with E-state index in [9.17, 15) is 0 Å². The van der Waals surface area contributed by atoms with E-state index in [0.717, 1.165) is 55.1 Å². The molecule has 0 bridgehead atoms. The van der Waals surface area contributed by atoms with Crippen molar-refractivity contribution < 1.29 is 4.42 Å². The molecule has 2 heterocycles. The second kappa shape index (κ2) is 11.9. The Bertz CT molecular complexity index is 2900. The van der Waals surface area contributed by atoms with Crippen LogP contribution >= 0.6 is 0 Å². The molecule has 0 aliphatic rings. The molecule has 51 heavy (non-hydrogen) atoms. The maximum atomic E-state index is 6.52. The molecule has 0 spiro atoms. The van der Waals surface area contributed by atoms with Crippen LogP contribution in [0.1, 0.15) is 0 Å². The number of hydrogen-bond donors (Lipinski definition) is 0. The van der Waals surface area contributed by atoms with Crippen molar-refractivity contribution in [2.45, 2.75) is 0 Å². The van der Waals surface area contributed by atoms with Crippen molar-refractivity contribution in [1.82, 2.24) is 15.0 Å². The third-order valence-corrected chi connectivity index (χ3v) is 9.72. The van der Waals surface area contributed by atoms with Crippen LogP contribution in [0.4, 0.5) is 0 Å². The molecule has 0 aliphatic carbocycles. The van der Waals surface area contributed by atoms with Gasteiger partial charge in [-0.2, -0.15) is 0 Å². The van der Waals surface area contributed by atoms with Crippen LogP contribution in [0, 0.1) is 0 Å². The summed E-state index contributed by atoms with van der Waals surface area (Å²) in [6.07, 6.45) is 0. The highest BCUT2D eigenvalue weighted by molar-refractivity contribution is 6.13. The number of nitrogens with zero attached hydrogens (tertiary/aromatic N) is 3. The van der Waals surface area contributed by atoms with E-state index >= 15 is 0 Å². The third-order valence-electron chi connectivity index (χ3n) is 9.72. The second-order valence-electron chi connectivity index (χ2n) is 12.8. The second-order valence-corrected chi connectivity index (χ2v) is 12.8. The van der Waals surface area contributed by atoms with Gasteiger partial charge in [-0.05, 0) is 68.1 Å². The number of rotatable bonds is 5. The van der Waals surface area contributed by atoms with E-state index < -0.39 is 0 Å². The van der Waals surface area contributed by atoms with Gasteiger partial charge in [0.05, 0.1) is 0 Å². The quantitative estimate of drug-likeness (QED) is 0.174. The first-order valence-electron chi connectivity index (χ1n) is 17.1. The molecule has 0 N–H and O–H groups in total. The van der Waals surface area contributed by atoms with Crippen molar-refractivity contribution in [3.8, 4) is 56.4 Å². The molecule has 0 saturated carbocycles. The Kier molecular flexibility index (Phi) is 6.78. The van der Waals surface area contributed by atoms with E-state index in [-0.39, 0.29) is 0 Å². The SMILES string of the molecule is c1ccc(-c2ccc(-c3cc(-c4nc(-c5ccccc5)nc(-c5ccc6ccc7ccccc7c6c5)n4)c4c(c3)oc3ccccc34)cc2)cc1. The Morgan fingerprint density at radius 3 is 1.61 bits per heavy atom. The molecule has 0 radical (unpaired) electrons. The van der Waals surface area contributed by atoms with Crippen LogP contribution in [0.5, 0.6) is 0 Å². The van der Waals surface area contributed by atoms with Crippen molar-refractivity contribution in [2.24, 2.45) is 0 Å². The lowest BCUT2D eigenvalue weighted by molar-refractivity contribution is 0.669. The van der Waals surface area contributed by atoms with Crippen molar-refractivity contribution >= 4 is 43.5 Å². The maximum Gasteiger partial charge on any atom is 0.164 e. The van der Waals surface area contributed by atoms with Gasteiger partial charge >= 0.3 is 0 Å². The van der Waals surface area contributed by atoms with Gasteiger partial charge in [-0.1, -0.05) is 152 Å². The highest BCUT2D eigenvalue weighted by Crippen LogP contribution is 2.40. The Morgan fingerprint density at radius 2 is 0.843 bits per heavy atom. The summed E-state index contributed by atoms with van der Waals surface area (Å²) in [7, 11) is 0. The number of aromatic nitrogens is 3. The average Bonchev–Trinajstić information content (AvgIpc) is 3.59. The minimum absolute atomic E-state index is 0.594. The number of furan rings is 1. The molecule has 0 atom stereocenters. The first-order chi connectivity index (χ1) is 25.2. The lowest BCUT2D eigenvalue weighted by Gasteiger charge is -2.12. The van der Waals surface area contributed by atoms with Crippen LogP contribution in [0.15, 0.2) is 180 Å². The highest BCUT2D eigenvalue weighted by atomic mass is 16.3. The van der Waals surface area contributed by atoms with Crippen LogP contribution in [0.25, 0.3) is 99.9 Å². The lowest BCUT2D eigenvalue weighted by Crippen LogP contribution is -2.00. The van der Waals surface area contributed by atoms with E-state index in [2.05, 4.69) is 121 Å². The van der Waals surface area contributed by atoms with Crippen molar-refractivity contribution in [3.05, 3.63) is 176 Å². The summed E-state index contributed by atoms with van der Waals surface area (Å²) in [5.74, 6) is 1.83. The fraction of sp³-hybridized carbons (Fsp3) is 0. The number of fused-ring (bicyclic) bond motifs is 6. The monoisotopic (exact) mass is 651 g/mol. The topological polar surface area (TPSA) is 51.8 Å². The first-order valence-corrected chi connectivity index (χ1v) is 17.1. The average molecular weight is 652 g/mol. The summed E-state index contributed by atoms with van der Waals surface area (Å²) < 4.78 is 6.52. The number of benzene rings is 8. The first kappa shape index (κ1) is 29.0. The van der Waals surface area contributed by atoms with Gasteiger partial charge in [0.2, 0.25) is 0 Å². The molecule has 8 aromatic carbocycles. The minimum Gasteiger partial charge on any atom is -0.456 e. The van der Waals surface area contributed by atoms with Gasteiger partial charge in [-0.15, -0.1) is 0 Å². The van der Waals surface area contributed by atoms with E-state index in [1.807, 2.05) is 54.6 Å². The van der Waals surface area contributed by atoms with Gasteiger partial charge < -0.3 is 4.42 Å². The summed E-state index contributed by atoms with van der Waals surface area (Å²) in [5, 5.41) is 6.74. The zero-order valence-electron chi connectivity index (χ0n) is 27.5. The number of hydrogen-bond acceptors (Lipinski definition) is 4. The molecule has 0 fully saturated rings. The Morgan fingerprint density at radius 1 is 0.314 bits per heavy atom. The molecule has 4 heteroatoms. The van der Waals surface area contributed by atoms with Gasteiger partial charge in [0.1, 0.15) is 11.2 Å². The maximum absolute atomic E-state index is 6.52. The fourth-order valence-corrected chi connectivity index (χ4v) is 7.17. The third kappa shape index (κ3) is 5.13. The zero-order chi connectivity index (χ0) is 33.7. The summed E-state index contributed by atoms with van der Waals surface area (Å²) in [4.78, 5) is 15.5. The van der Waals surface area contributed by atoms with Crippen molar-refractivity contribution in [1.29, 1.82) is 0 Å². The lowest BCUT2D eigenvalue weighted by atomic mass is 9.96. The standard InChI is InChI=1S/C47H29N3O/c1-3-11-30(12-4-1)31-19-21-32(22-20-31)37-28-41(44-39-17-9-10-18-42(39)51-43(44)29-37)47-49-45(35-14-5-2-6-15-35)48-46(50-47)36-26-25-34-24-23-33-13-7-8-16-38(33)40(34)27-36/h1-29H. The molecule has 0 unspecified atom stereocenters. The predicted molar refractivity (Wildman–Crippen MR) is 209 cm³/mol. The molecule has 10 rings (SSSR count). The molecule has 4 nitrogen and oxygen atoms in total. The van der Waals surface area contributed by atoms with Crippen molar-refractivity contribution in [2.75, 3.05) is 0 Å². The van der Waals surface area contributed by atoms with E-state index in [4.69, 9.17) is 19.4 Å². The molecule has 0 amide bonds. The van der Waals surface area contributed by atoms with E-state index in [0.29, 0.717) is 17.5 Å². The van der Waals surface area contributed by atoms with Gasteiger partial charge in [0.15, 0.2) is 17.5 Å². The summed E-state index contributed by atoms with van der Waals surface area (Å²) in [6.45, 7) is 0. The van der Waals surface area contributed by atoms with Gasteiger partial charge in [-0.3, -0.25) is 0 Å². The normalized spacial score (nSPS) is 11.5. The highest BCUT2D eigenvalue weighted by Gasteiger charge is 2.20. The van der Waals surface area contributed by atoms with E-state index in [1.54, 1.807) is 0 Å². The zero-order valence-corrected chi connectivity index (χ0v) is 27.5. The molecule has 0 saturated heterocycles. The van der Waals surface area contributed by atoms with Crippen LogP contribution in [0.2, 0.25) is 0 Å². The summed E-state index contributed by atoms with van der Waals surface area (Å²) >= 11 is 0. The van der Waals surface area contributed by atoms with Gasteiger partial charge in [-0.25, -0.2) is 15.0 Å². The van der Waals surface area contributed by atoms with Crippen molar-refractivity contribution in [3.63, 3.8) is 0 Å². The van der Waals surface area contributed by atoms with Gasteiger partial charge in [0.25, 0.3) is 0 Å². The van der Waals surface area contributed by atoms with Gasteiger partial charge in [0, 0.05) is 27.5 Å². The van der Waals surface area contributed by atoms with Crippen LogP contribution in [0.3, 0.4) is 0 Å². The Hall–Kier alpha value is -6.91. The summed E-state index contributed by atoms with van der Waals surface area (Å²) in [5.41, 5.74) is 8.82. The largest absolute Gasteiger partial charge is 0.456 e. The van der Waals surface area contributed by atoms with Crippen LogP contribution in [-0.2, 0) is 0 Å². The molecule has 10 aromatic rings. The van der Waals surface area contributed by atoms with E-state index in [1.165, 1.54) is 27.3 Å². The summed E-state index contributed by atoms with van der Waals surface area (Å²) in [6, 6.07) is 61.1. The molecule has 238 valence electrons. The molecule has 0 aliphatic heterocycles. The fourth-order valence-electron chi connectivity index (χ4n) is 7.17. The molecular weight excluding hydrogens is 623 g/mol. The number of para-hydroxylation sites is 1. The predicted octanol–water partition coefficient (Wildman–Crippen LogP) is 12.4. The Labute approximate surface area is 294 Å². The van der Waals surface area contributed by atoms with Crippen LogP contribution < -0.4 is 0 Å². The molecular formula is C47H29N3O. The molecule has 2 aromatic heterocycles. The van der Waals surface area contributed by atoms with Crippen LogP contribution in [-0.4, -0.2) is 15.0 Å². The smallest absolute Gasteiger partial charge is 0.164 e. The Balaban J connectivity index is 1.21. The minimum atomic E-state index is 0.594.